The number of H-pyrrole nitrogens is 1. The molecule has 0 saturated heterocycles. The van der Waals surface area contributed by atoms with E-state index in [4.69, 9.17) is 11.6 Å². The standard InChI is InChI=1S/C9H7BrClN5OS/c10-5-6(11)12-3-13-7(5)18-9-15-14-8(17)16(9)4-1-2-4/h3-4H,1-2H2,(H,14,17). The molecule has 3 rings (SSSR count). The maximum atomic E-state index is 11.6. The van der Waals surface area contributed by atoms with Gasteiger partial charge in [-0.3, -0.25) is 4.57 Å². The lowest BCUT2D eigenvalue weighted by Gasteiger charge is -2.04. The number of hydrogen-bond acceptors (Lipinski definition) is 5. The molecule has 0 aromatic carbocycles. The zero-order valence-corrected chi connectivity index (χ0v) is 12.1. The zero-order chi connectivity index (χ0) is 12.7. The summed E-state index contributed by atoms with van der Waals surface area (Å²) in [6, 6.07) is 0.259. The molecule has 0 amide bonds. The van der Waals surface area contributed by atoms with Gasteiger partial charge in [-0.1, -0.05) is 11.6 Å². The van der Waals surface area contributed by atoms with Crippen LogP contribution in [-0.4, -0.2) is 24.7 Å². The van der Waals surface area contributed by atoms with Gasteiger partial charge in [-0.2, -0.15) is 0 Å². The lowest BCUT2D eigenvalue weighted by atomic mass is 10.7. The van der Waals surface area contributed by atoms with Crippen molar-refractivity contribution in [3.05, 3.63) is 26.4 Å². The number of nitrogens with zero attached hydrogens (tertiary/aromatic N) is 4. The fourth-order valence-electron chi connectivity index (χ4n) is 1.51. The minimum absolute atomic E-state index is 0.184. The van der Waals surface area contributed by atoms with Gasteiger partial charge in [-0.15, -0.1) is 5.10 Å². The van der Waals surface area contributed by atoms with Gasteiger partial charge in [0.2, 0.25) is 0 Å². The predicted octanol–water partition coefficient (Wildman–Crippen LogP) is 2.26. The van der Waals surface area contributed by atoms with Crippen molar-refractivity contribution in [2.45, 2.75) is 29.1 Å². The molecule has 0 unspecified atom stereocenters. The van der Waals surface area contributed by atoms with Gasteiger partial charge < -0.3 is 0 Å². The number of nitrogens with one attached hydrogen (secondary N) is 1. The average molecular weight is 349 g/mol. The molecule has 2 heterocycles. The molecule has 6 nitrogen and oxygen atoms in total. The average Bonchev–Trinajstić information content (AvgIpc) is 3.11. The third-order valence-corrected chi connectivity index (χ3v) is 4.99. The number of hydrogen-bond donors (Lipinski definition) is 1. The van der Waals surface area contributed by atoms with Crippen LogP contribution in [0.1, 0.15) is 18.9 Å². The van der Waals surface area contributed by atoms with Crippen LogP contribution < -0.4 is 5.69 Å². The van der Waals surface area contributed by atoms with Crippen LogP contribution in [0.25, 0.3) is 0 Å². The van der Waals surface area contributed by atoms with Gasteiger partial charge in [0.25, 0.3) is 0 Å². The van der Waals surface area contributed by atoms with E-state index in [-0.39, 0.29) is 11.7 Å². The summed E-state index contributed by atoms with van der Waals surface area (Å²) in [6.07, 6.45) is 3.40. The Hall–Kier alpha value is -0.860. The molecule has 0 spiro atoms. The fraction of sp³-hybridized carbons (Fsp3) is 0.333. The van der Waals surface area contributed by atoms with Crippen molar-refractivity contribution in [3.8, 4) is 0 Å². The molecule has 0 atom stereocenters. The second kappa shape index (κ2) is 4.67. The smallest absolute Gasteiger partial charge is 0.267 e. The molecule has 0 aliphatic heterocycles. The molecule has 1 fully saturated rings. The van der Waals surface area contributed by atoms with E-state index in [0.29, 0.717) is 19.8 Å². The van der Waals surface area contributed by atoms with Crippen molar-refractivity contribution < 1.29 is 0 Å². The molecule has 2 aromatic rings. The molecule has 18 heavy (non-hydrogen) atoms. The molecule has 0 bridgehead atoms. The predicted molar refractivity (Wildman–Crippen MR) is 70.0 cm³/mol. The highest BCUT2D eigenvalue weighted by Gasteiger charge is 2.29. The highest BCUT2D eigenvalue weighted by atomic mass is 79.9. The quantitative estimate of drug-likeness (QED) is 0.861. The summed E-state index contributed by atoms with van der Waals surface area (Å²) in [5, 5.41) is 8.03. The van der Waals surface area contributed by atoms with Gasteiger partial charge in [-0.25, -0.2) is 19.9 Å². The monoisotopic (exact) mass is 347 g/mol. The van der Waals surface area contributed by atoms with Crippen LogP contribution in [0.4, 0.5) is 0 Å². The summed E-state index contributed by atoms with van der Waals surface area (Å²) >= 11 is 10.5. The first-order chi connectivity index (χ1) is 8.66. The molecule has 9 heteroatoms. The minimum atomic E-state index is -0.184. The molecule has 94 valence electrons. The lowest BCUT2D eigenvalue weighted by molar-refractivity contribution is 0.642. The van der Waals surface area contributed by atoms with E-state index < -0.39 is 0 Å². The van der Waals surface area contributed by atoms with Gasteiger partial charge in [0, 0.05) is 6.04 Å². The summed E-state index contributed by atoms with van der Waals surface area (Å²) in [5.74, 6) is 0. The number of aromatic amines is 1. The molecule has 1 saturated carbocycles. The first-order valence-electron chi connectivity index (χ1n) is 5.17. The Labute approximate surface area is 119 Å². The van der Waals surface area contributed by atoms with Gasteiger partial charge in [0.1, 0.15) is 16.5 Å². The van der Waals surface area contributed by atoms with Crippen LogP contribution >= 0.6 is 39.3 Å². The maximum absolute atomic E-state index is 11.6. The molecule has 2 aromatic heterocycles. The topological polar surface area (TPSA) is 76.5 Å². The third kappa shape index (κ3) is 2.19. The molecular formula is C9H7BrClN5OS. The normalized spacial score (nSPS) is 15.0. The van der Waals surface area contributed by atoms with Crippen molar-refractivity contribution in [1.82, 2.24) is 24.7 Å². The van der Waals surface area contributed by atoms with Gasteiger partial charge >= 0.3 is 5.69 Å². The van der Waals surface area contributed by atoms with Crippen molar-refractivity contribution in [2.75, 3.05) is 0 Å². The Bertz CT molecular complexity index is 653. The Morgan fingerprint density at radius 3 is 3.00 bits per heavy atom. The van der Waals surface area contributed by atoms with Crippen LogP contribution in [0.15, 0.2) is 25.8 Å². The van der Waals surface area contributed by atoms with E-state index in [9.17, 15) is 4.79 Å². The summed E-state index contributed by atoms with van der Waals surface area (Å²) in [6.45, 7) is 0. The second-order valence-electron chi connectivity index (χ2n) is 3.80. The number of aromatic nitrogens is 5. The van der Waals surface area contributed by atoms with Crippen molar-refractivity contribution in [1.29, 1.82) is 0 Å². The van der Waals surface area contributed by atoms with E-state index >= 15 is 0 Å². The highest BCUT2D eigenvalue weighted by molar-refractivity contribution is 9.10. The van der Waals surface area contributed by atoms with Crippen LogP contribution in [0.3, 0.4) is 0 Å². The zero-order valence-electron chi connectivity index (χ0n) is 8.93. The van der Waals surface area contributed by atoms with Crippen LogP contribution in [0, 0.1) is 0 Å². The lowest BCUT2D eigenvalue weighted by Crippen LogP contribution is -2.16. The minimum Gasteiger partial charge on any atom is -0.267 e. The molecular weight excluding hydrogens is 342 g/mol. The second-order valence-corrected chi connectivity index (χ2v) is 5.91. The number of halogens is 2. The van der Waals surface area contributed by atoms with Crippen LogP contribution in [-0.2, 0) is 0 Å². The van der Waals surface area contributed by atoms with Gasteiger partial charge in [-0.05, 0) is 40.5 Å². The number of rotatable bonds is 3. The van der Waals surface area contributed by atoms with E-state index in [1.807, 2.05) is 0 Å². The molecule has 1 N–H and O–H groups in total. The van der Waals surface area contributed by atoms with Crippen LogP contribution in [0.2, 0.25) is 5.15 Å². The Kier molecular flexibility index (Phi) is 3.16. The first kappa shape index (κ1) is 12.2. The summed E-state index contributed by atoms with van der Waals surface area (Å²) in [4.78, 5) is 19.6. The van der Waals surface area contributed by atoms with Gasteiger partial charge in [0.15, 0.2) is 5.16 Å². The van der Waals surface area contributed by atoms with Crippen molar-refractivity contribution >= 4 is 39.3 Å². The van der Waals surface area contributed by atoms with Crippen molar-refractivity contribution in [2.24, 2.45) is 0 Å². The summed E-state index contributed by atoms with van der Waals surface area (Å²) in [7, 11) is 0. The van der Waals surface area contributed by atoms with Crippen LogP contribution in [0.5, 0.6) is 0 Å². The van der Waals surface area contributed by atoms with Gasteiger partial charge in [0.05, 0.1) is 4.47 Å². The molecule has 1 aliphatic carbocycles. The van der Waals surface area contributed by atoms with E-state index in [0.717, 1.165) is 12.8 Å². The summed E-state index contributed by atoms with van der Waals surface area (Å²) in [5.41, 5.74) is -0.184. The third-order valence-electron chi connectivity index (χ3n) is 2.49. The Balaban J connectivity index is 1.97. The van der Waals surface area contributed by atoms with E-state index in [1.165, 1.54) is 18.1 Å². The van der Waals surface area contributed by atoms with Crippen molar-refractivity contribution in [3.63, 3.8) is 0 Å². The van der Waals surface area contributed by atoms with E-state index in [1.54, 1.807) is 4.57 Å². The SMILES string of the molecule is O=c1[nH]nc(Sc2ncnc(Cl)c2Br)n1C1CC1. The molecule has 1 aliphatic rings. The highest BCUT2D eigenvalue weighted by Crippen LogP contribution is 2.39. The van der Waals surface area contributed by atoms with E-state index in [2.05, 4.69) is 36.1 Å². The summed E-state index contributed by atoms with van der Waals surface area (Å²) < 4.78 is 2.27. The maximum Gasteiger partial charge on any atom is 0.344 e. The largest absolute Gasteiger partial charge is 0.344 e. The Morgan fingerprint density at radius 2 is 2.28 bits per heavy atom. The first-order valence-corrected chi connectivity index (χ1v) is 7.16. The molecule has 0 radical (unpaired) electrons. The Morgan fingerprint density at radius 1 is 1.50 bits per heavy atom. The fourth-order valence-corrected chi connectivity index (χ4v) is 3.03.